The molecule has 0 saturated carbocycles. The minimum absolute atomic E-state index is 0.00637. The molecule has 2 heterocycles. The number of methoxy groups -OCH3 is 1. The van der Waals surface area contributed by atoms with Crippen molar-refractivity contribution in [3.8, 4) is 11.5 Å². The van der Waals surface area contributed by atoms with E-state index in [0.717, 1.165) is 0 Å². The van der Waals surface area contributed by atoms with Crippen molar-refractivity contribution in [1.82, 2.24) is 10.2 Å². The first kappa shape index (κ1) is 19.1. The standard InChI is InChI=1S/C18H20N2O6S/c1-18(2)14(17(24)25)20-15(23)13(16(20)27-18)19-12(22)7-5-9-4-6-10(21)11(8-9)26-3/h4-8,13-14,16,21H,1-3H3,(H,19,22)(H,24,25)/b7-5+/t13-,14+,16+/m1/s1. The molecule has 9 heteroatoms. The molecule has 0 spiro atoms. The van der Waals surface area contributed by atoms with Gasteiger partial charge < -0.3 is 25.2 Å². The van der Waals surface area contributed by atoms with Gasteiger partial charge in [-0.25, -0.2) is 4.79 Å². The summed E-state index contributed by atoms with van der Waals surface area (Å²) in [5, 5.41) is 21.2. The number of β-lactam (4-membered cyclic amide) rings is 1. The molecule has 2 saturated heterocycles. The molecule has 2 amide bonds. The summed E-state index contributed by atoms with van der Waals surface area (Å²) in [7, 11) is 1.42. The van der Waals surface area contributed by atoms with Crippen LogP contribution >= 0.6 is 11.8 Å². The number of rotatable bonds is 5. The van der Waals surface area contributed by atoms with Gasteiger partial charge in [0.15, 0.2) is 11.5 Å². The number of ether oxygens (including phenoxy) is 1. The zero-order valence-electron chi connectivity index (χ0n) is 15.0. The number of carbonyl (C=O) groups is 3. The van der Waals surface area contributed by atoms with Gasteiger partial charge in [-0.3, -0.25) is 9.59 Å². The number of nitrogens with one attached hydrogen (secondary N) is 1. The Balaban J connectivity index is 1.66. The second-order valence-electron chi connectivity index (χ2n) is 6.85. The van der Waals surface area contributed by atoms with Gasteiger partial charge in [0, 0.05) is 10.8 Å². The number of thioether (sulfide) groups is 1. The van der Waals surface area contributed by atoms with E-state index >= 15 is 0 Å². The molecule has 0 unspecified atom stereocenters. The maximum Gasteiger partial charge on any atom is 0.327 e. The van der Waals surface area contributed by atoms with Gasteiger partial charge >= 0.3 is 5.97 Å². The average Bonchev–Trinajstić information content (AvgIpc) is 2.87. The molecule has 8 nitrogen and oxygen atoms in total. The zero-order valence-corrected chi connectivity index (χ0v) is 15.8. The molecular formula is C18H20N2O6S. The summed E-state index contributed by atoms with van der Waals surface area (Å²) in [6, 6.07) is 2.98. The van der Waals surface area contributed by atoms with E-state index in [0.29, 0.717) is 5.56 Å². The number of amides is 2. The number of nitrogens with zero attached hydrogens (tertiary/aromatic N) is 1. The first-order chi connectivity index (χ1) is 12.7. The third-order valence-electron chi connectivity index (χ3n) is 4.60. The van der Waals surface area contributed by atoms with Crippen molar-refractivity contribution in [3.05, 3.63) is 29.8 Å². The van der Waals surface area contributed by atoms with Crippen LogP contribution in [0, 0.1) is 0 Å². The van der Waals surface area contributed by atoms with Gasteiger partial charge in [-0.2, -0.15) is 0 Å². The zero-order chi connectivity index (χ0) is 19.9. The maximum absolute atomic E-state index is 12.3. The van der Waals surface area contributed by atoms with Crippen molar-refractivity contribution in [1.29, 1.82) is 0 Å². The summed E-state index contributed by atoms with van der Waals surface area (Å²) < 4.78 is 4.37. The highest BCUT2D eigenvalue weighted by Gasteiger charge is 2.64. The van der Waals surface area contributed by atoms with Crippen LogP contribution < -0.4 is 10.1 Å². The first-order valence-electron chi connectivity index (χ1n) is 8.24. The molecule has 2 fully saturated rings. The van der Waals surface area contributed by atoms with E-state index in [4.69, 9.17) is 4.74 Å². The first-order valence-corrected chi connectivity index (χ1v) is 9.12. The fourth-order valence-corrected chi connectivity index (χ4v) is 4.94. The van der Waals surface area contributed by atoms with Crippen LogP contribution in [0.1, 0.15) is 19.4 Å². The SMILES string of the molecule is COc1cc(/C=C/C(=O)N[C@@H]2C(=O)N3[C@@H](C(=O)O)C(C)(C)S[C@@H]23)ccc1O. The Morgan fingerprint density at radius 2 is 2.07 bits per heavy atom. The monoisotopic (exact) mass is 392 g/mol. The summed E-state index contributed by atoms with van der Waals surface area (Å²) in [6.45, 7) is 3.55. The molecule has 0 aromatic heterocycles. The number of hydrogen-bond donors (Lipinski definition) is 3. The van der Waals surface area contributed by atoms with E-state index in [2.05, 4.69) is 5.32 Å². The van der Waals surface area contributed by atoms with Crippen LogP contribution in [0.15, 0.2) is 24.3 Å². The Kier molecular flexibility index (Phi) is 4.81. The fourth-order valence-electron chi connectivity index (χ4n) is 3.32. The minimum atomic E-state index is -1.05. The number of fused-ring (bicyclic) bond motifs is 1. The molecule has 3 rings (SSSR count). The van der Waals surface area contributed by atoms with Crippen molar-refractivity contribution >= 4 is 35.6 Å². The topological polar surface area (TPSA) is 116 Å². The van der Waals surface area contributed by atoms with Crippen LogP contribution in [-0.4, -0.2) is 62.2 Å². The Labute approximate surface area is 160 Å². The van der Waals surface area contributed by atoms with Crippen LogP contribution in [0.5, 0.6) is 11.5 Å². The second kappa shape index (κ2) is 6.80. The Morgan fingerprint density at radius 1 is 1.37 bits per heavy atom. The number of carbonyl (C=O) groups excluding carboxylic acids is 2. The molecular weight excluding hydrogens is 372 g/mol. The van der Waals surface area contributed by atoms with Crippen molar-refractivity contribution in [3.63, 3.8) is 0 Å². The van der Waals surface area contributed by atoms with Gasteiger partial charge in [-0.1, -0.05) is 6.07 Å². The van der Waals surface area contributed by atoms with Crippen molar-refractivity contribution in [2.45, 2.75) is 36.1 Å². The number of aliphatic carboxylic acids is 1. The lowest BCUT2D eigenvalue weighted by Gasteiger charge is -2.43. The van der Waals surface area contributed by atoms with Crippen LogP contribution in [0.25, 0.3) is 6.08 Å². The van der Waals surface area contributed by atoms with E-state index in [1.54, 1.807) is 26.0 Å². The van der Waals surface area contributed by atoms with Crippen LogP contribution in [0.4, 0.5) is 0 Å². The molecule has 1 aromatic carbocycles. The van der Waals surface area contributed by atoms with Gasteiger partial charge in [0.2, 0.25) is 11.8 Å². The third kappa shape index (κ3) is 3.34. The fraction of sp³-hybridized carbons (Fsp3) is 0.389. The predicted molar refractivity (Wildman–Crippen MR) is 99.4 cm³/mol. The number of carboxylic acids is 1. The van der Waals surface area contributed by atoms with E-state index < -0.39 is 34.6 Å². The molecule has 1 aromatic rings. The summed E-state index contributed by atoms with van der Waals surface area (Å²) in [5.41, 5.74) is 0.642. The highest BCUT2D eigenvalue weighted by molar-refractivity contribution is 8.01. The summed E-state index contributed by atoms with van der Waals surface area (Å²) in [4.78, 5) is 37.3. The van der Waals surface area contributed by atoms with E-state index in [1.807, 2.05) is 0 Å². The van der Waals surface area contributed by atoms with Gasteiger partial charge in [0.25, 0.3) is 0 Å². The minimum Gasteiger partial charge on any atom is -0.504 e. The Morgan fingerprint density at radius 3 is 2.70 bits per heavy atom. The average molecular weight is 392 g/mol. The molecule has 0 aliphatic carbocycles. The van der Waals surface area contributed by atoms with Crippen molar-refractivity contribution in [2.24, 2.45) is 0 Å². The number of phenols is 1. The molecule has 3 N–H and O–H groups in total. The maximum atomic E-state index is 12.3. The van der Waals surface area contributed by atoms with Gasteiger partial charge in [-0.05, 0) is 37.6 Å². The molecule has 3 atom stereocenters. The van der Waals surface area contributed by atoms with Gasteiger partial charge in [0.1, 0.15) is 17.5 Å². The van der Waals surface area contributed by atoms with Crippen molar-refractivity contribution in [2.75, 3.05) is 7.11 Å². The molecule has 144 valence electrons. The molecule has 2 aliphatic rings. The van der Waals surface area contributed by atoms with Crippen LogP contribution in [0.2, 0.25) is 0 Å². The number of carboxylic acid groups (broad SMARTS) is 1. The van der Waals surface area contributed by atoms with E-state index in [1.165, 1.54) is 42.0 Å². The van der Waals surface area contributed by atoms with E-state index in [-0.39, 0.29) is 16.9 Å². The highest BCUT2D eigenvalue weighted by Crippen LogP contribution is 2.50. The molecule has 2 aliphatic heterocycles. The smallest absolute Gasteiger partial charge is 0.327 e. The van der Waals surface area contributed by atoms with Crippen LogP contribution in [-0.2, 0) is 14.4 Å². The van der Waals surface area contributed by atoms with Gasteiger partial charge in [0.05, 0.1) is 7.11 Å². The lowest BCUT2D eigenvalue weighted by atomic mass is 9.96. The highest BCUT2D eigenvalue weighted by atomic mass is 32.2. The molecule has 0 bridgehead atoms. The predicted octanol–water partition coefficient (Wildman–Crippen LogP) is 1.05. The van der Waals surface area contributed by atoms with Gasteiger partial charge in [-0.15, -0.1) is 11.8 Å². The largest absolute Gasteiger partial charge is 0.504 e. The Bertz CT molecular complexity index is 837. The number of aromatic hydroxyl groups is 1. The summed E-state index contributed by atoms with van der Waals surface area (Å²) in [5.74, 6) is -1.62. The quantitative estimate of drug-likeness (QED) is 0.506. The second-order valence-corrected chi connectivity index (χ2v) is 8.62. The normalized spacial score (nSPS) is 25.8. The molecule has 0 radical (unpaired) electrons. The number of hydrogen-bond acceptors (Lipinski definition) is 6. The number of benzene rings is 1. The van der Waals surface area contributed by atoms with Crippen molar-refractivity contribution < 1.29 is 29.3 Å². The molecule has 27 heavy (non-hydrogen) atoms. The lowest BCUT2D eigenvalue weighted by molar-refractivity contribution is -0.160. The summed E-state index contributed by atoms with van der Waals surface area (Å²) >= 11 is 1.37. The third-order valence-corrected chi connectivity index (χ3v) is 6.18. The number of phenolic OH excluding ortho intramolecular Hbond substituents is 1. The Hall–Kier alpha value is -2.68. The van der Waals surface area contributed by atoms with Crippen LogP contribution in [0.3, 0.4) is 0 Å². The lowest BCUT2D eigenvalue weighted by Crippen LogP contribution is -2.70. The summed E-state index contributed by atoms with van der Waals surface area (Å²) in [6.07, 6.45) is 2.81. The van der Waals surface area contributed by atoms with E-state index in [9.17, 15) is 24.6 Å².